The Labute approximate surface area is 141 Å². The van der Waals surface area contributed by atoms with Crippen molar-refractivity contribution in [3.05, 3.63) is 47.8 Å². The Kier molecular flexibility index (Phi) is 4.93. The van der Waals surface area contributed by atoms with Crippen molar-refractivity contribution in [1.82, 2.24) is 14.9 Å². The average Bonchev–Trinajstić information content (AvgIpc) is 2.67. The maximum Gasteiger partial charge on any atom is 0.259 e. The van der Waals surface area contributed by atoms with Crippen LogP contribution in [0.1, 0.15) is 34.7 Å². The van der Waals surface area contributed by atoms with Crippen LogP contribution in [0.15, 0.2) is 36.7 Å². The van der Waals surface area contributed by atoms with Gasteiger partial charge in [0.05, 0.1) is 14.2 Å². The molecule has 0 saturated carbocycles. The maximum atomic E-state index is 12.8. The van der Waals surface area contributed by atoms with Gasteiger partial charge in [-0.3, -0.25) is 9.78 Å². The molecule has 2 aromatic heterocycles. The minimum Gasteiger partial charge on any atom is -0.481 e. The zero-order valence-corrected chi connectivity index (χ0v) is 13.9. The van der Waals surface area contributed by atoms with E-state index in [1.807, 2.05) is 17.3 Å². The highest BCUT2D eigenvalue weighted by Crippen LogP contribution is 2.29. The first kappa shape index (κ1) is 16.2. The van der Waals surface area contributed by atoms with E-state index in [-0.39, 0.29) is 5.91 Å². The Balaban J connectivity index is 1.69. The fourth-order valence-electron chi connectivity index (χ4n) is 3.08. The van der Waals surface area contributed by atoms with E-state index in [1.54, 1.807) is 12.1 Å². The third-order valence-corrected chi connectivity index (χ3v) is 4.43. The molecule has 2 aromatic rings. The standard InChI is InChI=1S/C18H21N3O3/c1-23-16-4-3-15(17(20-16)24-2)18(22)21-11-7-14(8-12-21)13-5-9-19-10-6-13/h3-6,9-10,14H,7-8,11-12H2,1-2H3. The van der Waals surface area contributed by atoms with E-state index in [1.165, 1.54) is 19.8 Å². The van der Waals surface area contributed by atoms with Crippen molar-refractivity contribution in [2.75, 3.05) is 27.3 Å². The highest BCUT2D eigenvalue weighted by Gasteiger charge is 2.26. The van der Waals surface area contributed by atoms with Gasteiger partial charge in [-0.2, -0.15) is 4.98 Å². The molecule has 1 aliphatic heterocycles. The van der Waals surface area contributed by atoms with Crippen LogP contribution < -0.4 is 9.47 Å². The Morgan fingerprint density at radius 3 is 2.42 bits per heavy atom. The van der Waals surface area contributed by atoms with Gasteiger partial charge in [0.2, 0.25) is 11.8 Å². The molecule has 0 aromatic carbocycles. The summed E-state index contributed by atoms with van der Waals surface area (Å²) in [4.78, 5) is 22.9. The molecule has 0 radical (unpaired) electrons. The number of piperidine rings is 1. The molecular weight excluding hydrogens is 306 g/mol. The van der Waals surface area contributed by atoms with E-state index < -0.39 is 0 Å². The minimum absolute atomic E-state index is 0.0461. The third-order valence-electron chi connectivity index (χ3n) is 4.43. The number of nitrogens with zero attached hydrogens (tertiary/aromatic N) is 3. The summed E-state index contributed by atoms with van der Waals surface area (Å²) in [7, 11) is 3.04. The van der Waals surface area contributed by atoms with Gasteiger partial charge in [0.1, 0.15) is 5.56 Å². The Morgan fingerprint density at radius 2 is 1.79 bits per heavy atom. The monoisotopic (exact) mass is 327 g/mol. The summed E-state index contributed by atoms with van der Waals surface area (Å²) in [5.41, 5.74) is 1.77. The number of rotatable bonds is 4. The molecule has 0 N–H and O–H groups in total. The summed E-state index contributed by atoms with van der Waals surface area (Å²) in [5.74, 6) is 1.17. The molecule has 1 amide bonds. The number of pyridine rings is 2. The van der Waals surface area contributed by atoms with E-state index in [4.69, 9.17) is 9.47 Å². The summed E-state index contributed by atoms with van der Waals surface area (Å²) in [6.45, 7) is 1.45. The number of hydrogen-bond donors (Lipinski definition) is 0. The summed E-state index contributed by atoms with van der Waals surface area (Å²) >= 11 is 0. The normalized spacial score (nSPS) is 15.2. The quantitative estimate of drug-likeness (QED) is 0.863. The summed E-state index contributed by atoms with van der Waals surface area (Å²) in [6, 6.07) is 7.50. The van der Waals surface area contributed by atoms with Gasteiger partial charge < -0.3 is 14.4 Å². The van der Waals surface area contributed by atoms with Gasteiger partial charge in [-0.25, -0.2) is 0 Å². The van der Waals surface area contributed by atoms with E-state index in [0.29, 0.717) is 23.2 Å². The molecule has 1 fully saturated rings. The molecule has 0 aliphatic carbocycles. The molecule has 3 rings (SSSR count). The molecule has 0 spiro atoms. The number of amides is 1. The number of likely N-dealkylation sites (tertiary alicyclic amines) is 1. The number of methoxy groups -OCH3 is 2. The van der Waals surface area contributed by atoms with Crippen molar-refractivity contribution < 1.29 is 14.3 Å². The second kappa shape index (κ2) is 7.29. The van der Waals surface area contributed by atoms with Crippen LogP contribution in [0.3, 0.4) is 0 Å². The summed E-state index contributed by atoms with van der Waals surface area (Å²) in [5, 5.41) is 0. The van der Waals surface area contributed by atoms with Crippen LogP contribution in [0.4, 0.5) is 0 Å². The molecule has 0 bridgehead atoms. The predicted octanol–water partition coefficient (Wildman–Crippen LogP) is 2.51. The Hall–Kier alpha value is -2.63. The third kappa shape index (κ3) is 3.32. The van der Waals surface area contributed by atoms with Crippen LogP contribution in [-0.4, -0.2) is 48.1 Å². The summed E-state index contributed by atoms with van der Waals surface area (Å²) in [6.07, 6.45) is 5.53. The van der Waals surface area contributed by atoms with E-state index in [2.05, 4.69) is 22.1 Å². The molecule has 1 saturated heterocycles. The molecular formula is C18H21N3O3. The van der Waals surface area contributed by atoms with Crippen LogP contribution in [0.25, 0.3) is 0 Å². The van der Waals surface area contributed by atoms with Gasteiger partial charge in [-0.1, -0.05) is 0 Å². The van der Waals surface area contributed by atoms with Gasteiger partial charge in [0.15, 0.2) is 0 Å². The fraction of sp³-hybridized carbons (Fsp3) is 0.389. The molecule has 0 atom stereocenters. The average molecular weight is 327 g/mol. The SMILES string of the molecule is COc1ccc(C(=O)N2CCC(c3ccncc3)CC2)c(OC)n1. The molecule has 126 valence electrons. The van der Waals surface area contributed by atoms with Crippen molar-refractivity contribution in [2.45, 2.75) is 18.8 Å². The first-order chi connectivity index (χ1) is 11.7. The van der Waals surface area contributed by atoms with Gasteiger partial charge in [0, 0.05) is 31.5 Å². The van der Waals surface area contributed by atoms with E-state index >= 15 is 0 Å². The van der Waals surface area contributed by atoms with Gasteiger partial charge >= 0.3 is 0 Å². The van der Waals surface area contributed by atoms with Crippen molar-refractivity contribution in [3.8, 4) is 11.8 Å². The molecule has 1 aliphatic rings. The number of carbonyl (C=O) groups is 1. The Bertz CT molecular complexity index is 698. The van der Waals surface area contributed by atoms with Crippen molar-refractivity contribution >= 4 is 5.91 Å². The van der Waals surface area contributed by atoms with E-state index in [9.17, 15) is 4.79 Å². The largest absolute Gasteiger partial charge is 0.481 e. The number of hydrogen-bond acceptors (Lipinski definition) is 5. The summed E-state index contributed by atoms with van der Waals surface area (Å²) < 4.78 is 10.3. The predicted molar refractivity (Wildman–Crippen MR) is 89.5 cm³/mol. The lowest BCUT2D eigenvalue weighted by Crippen LogP contribution is -2.38. The van der Waals surface area contributed by atoms with Gasteiger partial charge in [0.25, 0.3) is 5.91 Å². The van der Waals surface area contributed by atoms with Gasteiger partial charge in [-0.15, -0.1) is 0 Å². The number of carbonyl (C=O) groups excluding carboxylic acids is 1. The maximum absolute atomic E-state index is 12.8. The topological polar surface area (TPSA) is 64.5 Å². The molecule has 24 heavy (non-hydrogen) atoms. The van der Waals surface area contributed by atoms with Crippen molar-refractivity contribution in [3.63, 3.8) is 0 Å². The second-order valence-corrected chi connectivity index (χ2v) is 5.76. The minimum atomic E-state index is -0.0461. The number of ether oxygens (including phenoxy) is 2. The van der Waals surface area contributed by atoms with Crippen LogP contribution >= 0.6 is 0 Å². The molecule has 6 heteroatoms. The van der Waals surface area contributed by atoms with Gasteiger partial charge in [-0.05, 0) is 42.5 Å². The lowest BCUT2D eigenvalue weighted by atomic mass is 9.90. The molecule has 3 heterocycles. The first-order valence-electron chi connectivity index (χ1n) is 8.01. The lowest BCUT2D eigenvalue weighted by Gasteiger charge is -2.32. The first-order valence-corrected chi connectivity index (χ1v) is 8.01. The zero-order chi connectivity index (χ0) is 16.9. The fourth-order valence-corrected chi connectivity index (χ4v) is 3.08. The lowest BCUT2D eigenvalue weighted by molar-refractivity contribution is 0.0708. The van der Waals surface area contributed by atoms with Crippen LogP contribution in [-0.2, 0) is 0 Å². The van der Waals surface area contributed by atoms with Crippen molar-refractivity contribution in [2.24, 2.45) is 0 Å². The van der Waals surface area contributed by atoms with Crippen LogP contribution in [0.5, 0.6) is 11.8 Å². The molecule has 0 unspecified atom stereocenters. The Morgan fingerprint density at radius 1 is 1.08 bits per heavy atom. The van der Waals surface area contributed by atoms with Crippen LogP contribution in [0, 0.1) is 0 Å². The highest BCUT2D eigenvalue weighted by molar-refractivity contribution is 5.96. The highest BCUT2D eigenvalue weighted by atomic mass is 16.5. The smallest absolute Gasteiger partial charge is 0.259 e. The molecule has 6 nitrogen and oxygen atoms in total. The second-order valence-electron chi connectivity index (χ2n) is 5.76. The van der Waals surface area contributed by atoms with Crippen LogP contribution in [0.2, 0.25) is 0 Å². The number of aromatic nitrogens is 2. The zero-order valence-electron chi connectivity index (χ0n) is 13.9. The van der Waals surface area contributed by atoms with Crippen molar-refractivity contribution in [1.29, 1.82) is 0 Å². The van der Waals surface area contributed by atoms with E-state index in [0.717, 1.165) is 25.9 Å².